The fourth-order valence-electron chi connectivity index (χ4n) is 2.81. The second-order valence-corrected chi connectivity index (χ2v) is 5.36. The van der Waals surface area contributed by atoms with Crippen LogP contribution in [0.4, 0.5) is 13.2 Å². The van der Waals surface area contributed by atoms with Crippen LogP contribution < -0.4 is 5.32 Å². The first-order valence-electron chi connectivity index (χ1n) is 7.04. The van der Waals surface area contributed by atoms with E-state index in [1.54, 1.807) is 0 Å². The third-order valence-corrected chi connectivity index (χ3v) is 3.83. The van der Waals surface area contributed by atoms with Crippen LogP contribution in [0.3, 0.4) is 0 Å². The largest absolute Gasteiger partial charge is 0.480 e. The van der Waals surface area contributed by atoms with E-state index >= 15 is 0 Å². The summed E-state index contributed by atoms with van der Waals surface area (Å²) in [5.41, 5.74) is -1.11. The van der Waals surface area contributed by atoms with Crippen molar-refractivity contribution in [3.63, 3.8) is 0 Å². The summed E-state index contributed by atoms with van der Waals surface area (Å²) in [7, 11) is 0. The Kier molecular flexibility index (Phi) is 4.88. The number of benzene rings is 1. The van der Waals surface area contributed by atoms with Crippen LogP contribution in [-0.4, -0.2) is 17.1 Å². The Bertz CT molecular complexity index is 496. The van der Waals surface area contributed by atoms with Gasteiger partial charge in [-0.2, -0.15) is 13.2 Å². The zero-order chi connectivity index (χ0) is 15.5. The van der Waals surface area contributed by atoms with Gasteiger partial charge in [0.2, 0.25) is 0 Å². The van der Waals surface area contributed by atoms with Crippen molar-refractivity contribution in [1.29, 1.82) is 0 Å². The number of hydrogen-bond donors (Lipinski definition) is 2. The molecule has 1 aliphatic carbocycles. The predicted octanol–water partition coefficient (Wildman–Crippen LogP) is 3.75. The molecular formula is C15H18F3NO2. The molecule has 1 saturated carbocycles. The number of carboxylic acids is 1. The molecule has 1 atom stereocenters. The summed E-state index contributed by atoms with van der Waals surface area (Å²) in [5, 5.41) is 12.2. The number of aliphatic carboxylic acids is 1. The number of alkyl halides is 3. The minimum absolute atomic E-state index is 0.0406. The van der Waals surface area contributed by atoms with Gasteiger partial charge in [0, 0.05) is 6.04 Å². The molecule has 6 heteroatoms. The summed E-state index contributed by atoms with van der Waals surface area (Å²) in [6.07, 6.45) is 0.0966. The summed E-state index contributed by atoms with van der Waals surface area (Å²) in [6.45, 7) is 0. The van der Waals surface area contributed by atoms with Gasteiger partial charge in [-0.05, 0) is 24.5 Å². The Morgan fingerprint density at radius 2 is 1.81 bits per heavy atom. The summed E-state index contributed by atoms with van der Waals surface area (Å²) in [6, 6.07) is 3.49. The lowest BCUT2D eigenvalue weighted by Gasteiger charge is -2.28. The van der Waals surface area contributed by atoms with E-state index in [1.165, 1.54) is 18.2 Å². The van der Waals surface area contributed by atoms with Crippen molar-refractivity contribution >= 4 is 5.97 Å². The third-order valence-electron chi connectivity index (χ3n) is 3.83. The van der Waals surface area contributed by atoms with E-state index in [0.717, 1.165) is 38.2 Å². The Labute approximate surface area is 121 Å². The number of hydrogen-bond acceptors (Lipinski definition) is 2. The van der Waals surface area contributed by atoms with Gasteiger partial charge >= 0.3 is 12.1 Å². The molecule has 1 aromatic rings. The summed E-state index contributed by atoms with van der Waals surface area (Å²) in [5.74, 6) is -1.28. The first kappa shape index (κ1) is 15.8. The van der Waals surface area contributed by atoms with Crippen molar-refractivity contribution in [2.75, 3.05) is 0 Å². The molecule has 0 amide bonds. The monoisotopic (exact) mass is 301 g/mol. The Morgan fingerprint density at radius 3 is 2.38 bits per heavy atom. The minimum Gasteiger partial charge on any atom is -0.480 e. The zero-order valence-electron chi connectivity index (χ0n) is 11.5. The second kappa shape index (κ2) is 6.47. The standard InChI is InChI=1S/C15H18F3NO2/c16-15(17,18)12-9-5-4-8-11(12)13(14(20)21)19-10-6-2-1-3-7-10/h4-5,8-10,13,19H,1-3,6-7H2,(H,20,21). The highest BCUT2D eigenvalue weighted by Gasteiger charge is 2.37. The van der Waals surface area contributed by atoms with Crippen molar-refractivity contribution in [3.8, 4) is 0 Å². The molecule has 21 heavy (non-hydrogen) atoms. The highest BCUT2D eigenvalue weighted by Crippen LogP contribution is 2.35. The van der Waals surface area contributed by atoms with Gasteiger partial charge < -0.3 is 5.11 Å². The minimum atomic E-state index is -4.56. The number of nitrogens with one attached hydrogen (secondary N) is 1. The number of carbonyl (C=O) groups is 1. The lowest BCUT2D eigenvalue weighted by molar-refractivity contribution is -0.142. The van der Waals surface area contributed by atoms with Gasteiger partial charge in [0.05, 0.1) is 5.56 Å². The molecule has 1 unspecified atom stereocenters. The molecule has 2 rings (SSSR count). The molecule has 0 spiro atoms. The lowest BCUT2D eigenvalue weighted by atomic mass is 9.93. The molecule has 1 fully saturated rings. The van der Waals surface area contributed by atoms with Crippen molar-refractivity contribution in [2.45, 2.75) is 50.4 Å². The van der Waals surface area contributed by atoms with E-state index in [0.29, 0.717) is 0 Å². The average molecular weight is 301 g/mol. The lowest BCUT2D eigenvalue weighted by Crippen LogP contribution is -2.39. The maximum absolute atomic E-state index is 13.0. The molecule has 0 aliphatic heterocycles. The van der Waals surface area contributed by atoms with Gasteiger partial charge in [-0.15, -0.1) is 0 Å². The molecule has 0 radical (unpaired) electrons. The van der Waals surface area contributed by atoms with Gasteiger partial charge in [0.25, 0.3) is 0 Å². The van der Waals surface area contributed by atoms with Crippen LogP contribution in [0.5, 0.6) is 0 Å². The Hall–Kier alpha value is -1.56. The summed E-state index contributed by atoms with van der Waals surface area (Å²) in [4.78, 5) is 11.4. The zero-order valence-corrected chi connectivity index (χ0v) is 11.5. The highest BCUT2D eigenvalue weighted by molar-refractivity contribution is 5.76. The van der Waals surface area contributed by atoms with Gasteiger partial charge in [0.1, 0.15) is 6.04 Å². The van der Waals surface area contributed by atoms with E-state index < -0.39 is 23.8 Å². The van der Waals surface area contributed by atoms with Crippen LogP contribution in [-0.2, 0) is 11.0 Å². The van der Waals surface area contributed by atoms with E-state index in [1.807, 2.05) is 0 Å². The van der Waals surface area contributed by atoms with Crippen molar-refractivity contribution in [2.24, 2.45) is 0 Å². The van der Waals surface area contributed by atoms with Crippen LogP contribution in [0.15, 0.2) is 24.3 Å². The van der Waals surface area contributed by atoms with Crippen LogP contribution in [0, 0.1) is 0 Å². The maximum atomic E-state index is 13.0. The van der Waals surface area contributed by atoms with E-state index in [2.05, 4.69) is 5.32 Å². The topological polar surface area (TPSA) is 49.3 Å². The smallest absolute Gasteiger partial charge is 0.416 e. The first-order valence-corrected chi connectivity index (χ1v) is 7.04. The van der Waals surface area contributed by atoms with Crippen molar-refractivity contribution < 1.29 is 23.1 Å². The molecule has 3 nitrogen and oxygen atoms in total. The van der Waals surface area contributed by atoms with E-state index in [9.17, 15) is 23.1 Å². The predicted molar refractivity (Wildman–Crippen MR) is 71.8 cm³/mol. The van der Waals surface area contributed by atoms with E-state index in [-0.39, 0.29) is 11.6 Å². The van der Waals surface area contributed by atoms with Crippen LogP contribution in [0.1, 0.15) is 49.3 Å². The quantitative estimate of drug-likeness (QED) is 0.890. The number of carboxylic acid groups (broad SMARTS) is 1. The van der Waals surface area contributed by atoms with E-state index in [4.69, 9.17) is 0 Å². The Balaban J connectivity index is 2.28. The molecule has 0 saturated heterocycles. The normalized spacial score (nSPS) is 18.4. The van der Waals surface area contributed by atoms with Gasteiger partial charge in [-0.3, -0.25) is 10.1 Å². The molecule has 1 aliphatic rings. The highest BCUT2D eigenvalue weighted by atomic mass is 19.4. The summed E-state index contributed by atoms with van der Waals surface area (Å²) >= 11 is 0. The third kappa shape index (κ3) is 3.97. The molecular weight excluding hydrogens is 283 g/mol. The number of halogens is 3. The van der Waals surface area contributed by atoms with Gasteiger partial charge in [-0.1, -0.05) is 37.5 Å². The second-order valence-electron chi connectivity index (χ2n) is 5.36. The first-order chi connectivity index (χ1) is 9.89. The van der Waals surface area contributed by atoms with Crippen LogP contribution in [0.2, 0.25) is 0 Å². The van der Waals surface area contributed by atoms with Crippen molar-refractivity contribution in [1.82, 2.24) is 5.32 Å². The summed E-state index contributed by atoms with van der Waals surface area (Å²) < 4.78 is 39.1. The molecule has 2 N–H and O–H groups in total. The van der Waals surface area contributed by atoms with Crippen LogP contribution >= 0.6 is 0 Å². The Morgan fingerprint density at radius 1 is 1.19 bits per heavy atom. The fourth-order valence-corrected chi connectivity index (χ4v) is 2.81. The molecule has 0 heterocycles. The van der Waals surface area contributed by atoms with Crippen molar-refractivity contribution in [3.05, 3.63) is 35.4 Å². The molecule has 1 aromatic carbocycles. The average Bonchev–Trinajstić information content (AvgIpc) is 2.45. The molecule has 116 valence electrons. The van der Waals surface area contributed by atoms with Crippen LogP contribution in [0.25, 0.3) is 0 Å². The SMILES string of the molecule is O=C(O)C(NC1CCCCC1)c1ccccc1C(F)(F)F. The van der Waals surface area contributed by atoms with Gasteiger partial charge in [-0.25, -0.2) is 0 Å². The number of rotatable bonds is 4. The molecule has 0 aromatic heterocycles. The maximum Gasteiger partial charge on any atom is 0.416 e. The van der Waals surface area contributed by atoms with Gasteiger partial charge in [0.15, 0.2) is 0 Å². The fraction of sp³-hybridized carbons (Fsp3) is 0.533. The molecule has 0 bridgehead atoms.